The molecule has 0 radical (unpaired) electrons. The molecule has 0 bridgehead atoms. The second kappa shape index (κ2) is 8.09. The summed E-state index contributed by atoms with van der Waals surface area (Å²) in [5.41, 5.74) is 0.530. The van der Waals surface area contributed by atoms with Crippen LogP contribution < -0.4 is 10.0 Å². The summed E-state index contributed by atoms with van der Waals surface area (Å²) >= 11 is 0. The molecule has 6 nitrogen and oxygen atoms in total. The van der Waals surface area contributed by atoms with Gasteiger partial charge < -0.3 is 10.2 Å². The van der Waals surface area contributed by atoms with Gasteiger partial charge in [0.2, 0.25) is 10.0 Å². The number of nitrogens with one attached hydrogen (secondary N) is 2. The molecule has 7 heteroatoms. The highest BCUT2D eigenvalue weighted by atomic mass is 32.2. The maximum Gasteiger partial charge on any atom is 0.253 e. The Morgan fingerprint density at radius 3 is 2.54 bits per heavy atom. The molecular formula is C17H27N3O3S. The molecule has 1 amide bonds. The first kappa shape index (κ1) is 18.9. The summed E-state index contributed by atoms with van der Waals surface area (Å²) in [4.78, 5) is 14.5. The van der Waals surface area contributed by atoms with E-state index in [0.717, 1.165) is 26.1 Å². The molecule has 2 N–H and O–H groups in total. The van der Waals surface area contributed by atoms with Crippen LogP contribution in [0.5, 0.6) is 0 Å². The smallest absolute Gasteiger partial charge is 0.253 e. The van der Waals surface area contributed by atoms with E-state index in [9.17, 15) is 13.2 Å². The summed E-state index contributed by atoms with van der Waals surface area (Å²) in [6.07, 6.45) is 0.998. The van der Waals surface area contributed by atoms with Crippen LogP contribution in [0.3, 0.4) is 0 Å². The standard InChI is InChI=1S/C17H27N3O3S/c1-13(2)10-19-24(22,23)16-6-4-15(5-7-16)17(21)20-9-8-14(12-20)11-18-3/h4-7,13-14,18-19H,8-12H2,1-3H3. The highest BCUT2D eigenvalue weighted by Gasteiger charge is 2.26. The molecule has 1 aromatic carbocycles. The van der Waals surface area contributed by atoms with Gasteiger partial charge >= 0.3 is 0 Å². The fourth-order valence-corrected chi connectivity index (χ4v) is 4.01. The van der Waals surface area contributed by atoms with Crippen molar-refractivity contribution in [3.05, 3.63) is 29.8 Å². The molecule has 0 aliphatic carbocycles. The predicted octanol–water partition coefficient (Wildman–Crippen LogP) is 1.30. The van der Waals surface area contributed by atoms with E-state index in [4.69, 9.17) is 0 Å². The Bertz CT molecular complexity index is 656. The fourth-order valence-electron chi connectivity index (χ4n) is 2.79. The summed E-state index contributed by atoms with van der Waals surface area (Å²) in [6, 6.07) is 6.18. The van der Waals surface area contributed by atoms with Gasteiger partial charge in [0, 0.05) is 25.2 Å². The molecule has 2 rings (SSSR count). The molecule has 0 aromatic heterocycles. The van der Waals surface area contributed by atoms with Crippen LogP contribution in [0, 0.1) is 11.8 Å². The van der Waals surface area contributed by atoms with Crippen LogP contribution in [-0.2, 0) is 10.0 Å². The van der Waals surface area contributed by atoms with Gasteiger partial charge in [0.05, 0.1) is 4.90 Å². The van der Waals surface area contributed by atoms with Crippen LogP contribution in [0.2, 0.25) is 0 Å². The maximum absolute atomic E-state index is 12.5. The number of rotatable bonds is 7. The van der Waals surface area contributed by atoms with Crippen molar-refractivity contribution < 1.29 is 13.2 Å². The van der Waals surface area contributed by atoms with Crippen LogP contribution >= 0.6 is 0 Å². The van der Waals surface area contributed by atoms with E-state index in [1.807, 2.05) is 25.8 Å². The Morgan fingerprint density at radius 2 is 1.96 bits per heavy atom. The third kappa shape index (κ3) is 4.78. The van der Waals surface area contributed by atoms with Crippen molar-refractivity contribution in [3.8, 4) is 0 Å². The summed E-state index contributed by atoms with van der Waals surface area (Å²) in [7, 11) is -1.60. The zero-order valence-electron chi connectivity index (χ0n) is 14.6. The Balaban J connectivity index is 2.03. The Labute approximate surface area is 144 Å². The molecule has 1 aliphatic rings. The number of carbonyl (C=O) groups excluding carboxylic acids is 1. The van der Waals surface area contributed by atoms with Crippen molar-refractivity contribution in [2.75, 3.05) is 33.2 Å². The summed E-state index contributed by atoms with van der Waals surface area (Å²) in [5.74, 6) is 0.688. The van der Waals surface area contributed by atoms with Crippen molar-refractivity contribution in [2.24, 2.45) is 11.8 Å². The second-order valence-electron chi connectivity index (χ2n) is 6.73. The normalized spacial score (nSPS) is 18.3. The number of hydrogen-bond acceptors (Lipinski definition) is 4. The van der Waals surface area contributed by atoms with E-state index in [1.165, 1.54) is 12.1 Å². The average molecular weight is 353 g/mol. The van der Waals surface area contributed by atoms with Crippen molar-refractivity contribution in [3.63, 3.8) is 0 Å². The van der Waals surface area contributed by atoms with E-state index in [0.29, 0.717) is 18.0 Å². The number of hydrogen-bond donors (Lipinski definition) is 2. The first-order chi connectivity index (χ1) is 11.3. The molecule has 1 aromatic rings. The van der Waals surface area contributed by atoms with E-state index < -0.39 is 10.0 Å². The van der Waals surface area contributed by atoms with Crippen LogP contribution in [0.1, 0.15) is 30.6 Å². The van der Waals surface area contributed by atoms with Gasteiger partial charge in [0.15, 0.2) is 0 Å². The third-order valence-electron chi connectivity index (χ3n) is 4.16. The number of amides is 1. The van der Waals surface area contributed by atoms with Crippen molar-refractivity contribution >= 4 is 15.9 Å². The summed E-state index contributed by atoms with van der Waals surface area (Å²) < 4.78 is 26.9. The molecular weight excluding hydrogens is 326 g/mol. The molecule has 1 saturated heterocycles. The Kier molecular flexibility index (Phi) is 6.37. The first-order valence-electron chi connectivity index (χ1n) is 8.37. The fraction of sp³-hybridized carbons (Fsp3) is 0.588. The predicted molar refractivity (Wildman–Crippen MR) is 94.4 cm³/mol. The monoisotopic (exact) mass is 353 g/mol. The Hall–Kier alpha value is -1.44. The van der Waals surface area contributed by atoms with Crippen LogP contribution in [0.25, 0.3) is 0 Å². The molecule has 1 fully saturated rings. The van der Waals surface area contributed by atoms with Gasteiger partial charge in [-0.1, -0.05) is 13.8 Å². The second-order valence-corrected chi connectivity index (χ2v) is 8.50. The lowest BCUT2D eigenvalue weighted by Gasteiger charge is -2.17. The first-order valence-corrected chi connectivity index (χ1v) is 9.85. The molecule has 0 spiro atoms. The van der Waals surface area contributed by atoms with Crippen molar-refractivity contribution in [2.45, 2.75) is 25.2 Å². The molecule has 0 saturated carbocycles. The van der Waals surface area contributed by atoms with Gasteiger partial charge in [-0.25, -0.2) is 13.1 Å². The zero-order valence-corrected chi connectivity index (χ0v) is 15.4. The lowest BCUT2D eigenvalue weighted by molar-refractivity contribution is 0.0787. The van der Waals surface area contributed by atoms with Crippen LogP contribution in [0.4, 0.5) is 0 Å². The van der Waals surface area contributed by atoms with E-state index >= 15 is 0 Å². The van der Waals surface area contributed by atoms with Crippen molar-refractivity contribution in [1.82, 2.24) is 14.9 Å². The van der Waals surface area contributed by atoms with Crippen LogP contribution in [-0.4, -0.2) is 52.5 Å². The highest BCUT2D eigenvalue weighted by molar-refractivity contribution is 7.89. The number of nitrogens with zero attached hydrogens (tertiary/aromatic N) is 1. The number of carbonyl (C=O) groups is 1. The molecule has 1 aliphatic heterocycles. The van der Waals surface area contributed by atoms with Crippen LogP contribution in [0.15, 0.2) is 29.2 Å². The largest absolute Gasteiger partial charge is 0.338 e. The quantitative estimate of drug-likeness (QED) is 0.774. The highest BCUT2D eigenvalue weighted by Crippen LogP contribution is 2.19. The summed E-state index contributed by atoms with van der Waals surface area (Å²) in [5, 5.41) is 3.14. The lowest BCUT2D eigenvalue weighted by Crippen LogP contribution is -2.30. The van der Waals surface area contributed by atoms with Crippen molar-refractivity contribution in [1.29, 1.82) is 0 Å². The van der Waals surface area contributed by atoms with E-state index in [-0.39, 0.29) is 16.7 Å². The van der Waals surface area contributed by atoms with Gasteiger partial charge in [-0.15, -0.1) is 0 Å². The number of likely N-dealkylation sites (tertiary alicyclic amines) is 1. The molecule has 1 unspecified atom stereocenters. The minimum Gasteiger partial charge on any atom is -0.338 e. The van der Waals surface area contributed by atoms with Gasteiger partial charge in [-0.3, -0.25) is 4.79 Å². The minimum atomic E-state index is -3.52. The van der Waals surface area contributed by atoms with Gasteiger partial charge in [-0.2, -0.15) is 0 Å². The van der Waals surface area contributed by atoms with Gasteiger partial charge in [-0.05, 0) is 56.1 Å². The SMILES string of the molecule is CNCC1CCN(C(=O)c2ccc(S(=O)(=O)NCC(C)C)cc2)C1. The number of benzene rings is 1. The summed E-state index contributed by atoms with van der Waals surface area (Å²) in [6.45, 7) is 6.69. The average Bonchev–Trinajstić information content (AvgIpc) is 3.01. The number of sulfonamides is 1. The molecule has 1 heterocycles. The van der Waals surface area contributed by atoms with E-state index in [1.54, 1.807) is 12.1 Å². The molecule has 1 atom stereocenters. The molecule has 134 valence electrons. The third-order valence-corrected chi connectivity index (χ3v) is 5.60. The maximum atomic E-state index is 12.5. The Morgan fingerprint density at radius 1 is 1.29 bits per heavy atom. The topological polar surface area (TPSA) is 78.5 Å². The minimum absolute atomic E-state index is 0.0345. The van der Waals surface area contributed by atoms with Gasteiger partial charge in [0.25, 0.3) is 5.91 Å². The zero-order chi connectivity index (χ0) is 17.7. The molecule has 24 heavy (non-hydrogen) atoms. The van der Waals surface area contributed by atoms with Gasteiger partial charge in [0.1, 0.15) is 0 Å². The lowest BCUT2D eigenvalue weighted by atomic mass is 10.1. The van der Waals surface area contributed by atoms with E-state index in [2.05, 4.69) is 10.0 Å².